The molecule has 1 aromatic heterocycles. The van der Waals surface area contributed by atoms with E-state index in [2.05, 4.69) is 22.1 Å². The summed E-state index contributed by atoms with van der Waals surface area (Å²) in [5, 5.41) is 14.7. The number of hydrazone groups is 1. The molecule has 0 bridgehead atoms. The summed E-state index contributed by atoms with van der Waals surface area (Å²) >= 11 is 0. The summed E-state index contributed by atoms with van der Waals surface area (Å²) < 4.78 is 17.1. The third kappa shape index (κ3) is 3.56. The van der Waals surface area contributed by atoms with Gasteiger partial charge in [0, 0.05) is 13.0 Å². The van der Waals surface area contributed by atoms with Crippen molar-refractivity contribution in [3.8, 4) is 23.1 Å². The van der Waals surface area contributed by atoms with Gasteiger partial charge in [-0.15, -0.1) is 6.58 Å². The molecule has 3 N–H and O–H groups in total. The molecule has 0 radical (unpaired) electrons. The lowest BCUT2D eigenvalue weighted by Gasteiger charge is -2.17. The van der Waals surface area contributed by atoms with Crippen LogP contribution in [-0.2, 0) is 6.54 Å². The maximum absolute atomic E-state index is 12.3. The largest absolute Gasteiger partial charge is 0.494 e. The fourth-order valence-corrected chi connectivity index (χ4v) is 3.21. The molecular formula is C19H22N4O6. The molecule has 2 aromatic rings. The van der Waals surface area contributed by atoms with Gasteiger partial charge in [0.2, 0.25) is 11.6 Å². The first-order valence-corrected chi connectivity index (χ1v) is 8.74. The van der Waals surface area contributed by atoms with E-state index in [1.807, 2.05) is 0 Å². The molecule has 10 heteroatoms. The third-order valence-corrected chi connectivity index (χ3v) is 4.61. The normalized spacial score (nSPS) is 15.4. The number of aromatic nitrogens is 2. The Morgan fingerprint density at radius 1 is 1.24 bits per heavy atom. The number of aromatic amines is 1. The lowest BCUT2D eigenvalue weighted by molar-refractivity contribution is 0.323. The number of ether oxygens (including phenoxy) is 3. The van der Waals surface area contributed by atoms with E-state index in [1.165, 1.54) is 27.4 Å². The van der Waals surface area contributed by atoms with Crippen LogP contribution in [0, 0.1) is 0 Å². The molecule has 154 valence electrons. The van der Waals surface area contributed by atoms with Crippen LogP contribution in [0.1, 0.15) is 23.6 Å². The van der Waals surface area contributed by atoms with Crippen LogP contribution in [-0.4, -0.2) is 41.7 Å². The highest BCUT2D eigenvalue weighted by molar-refractivity contribution is 6.03. The van der Waals surface area contributed by atoms with Gasteiger partial charge in [-0.2, -0.15) is 5.10 Å². The Hall–Kier alpha value is -3.69. The number of benzene rings is 1. The lowest BCUT2D eigenvalue weighted by atomic mass is 9.99. The molecular weight excluding hydrogens is 380 g/mol. The Morgan fingerprint density at radius 3 is 2.45 bits per heavy atom. The molecule has 1 unspecified atom stereocenters. The van der Waals surface area contributed by atoms with Crippen LogP contribution in [0.4, 0.5) is 0 Å². The van der Waals surface area contributed by atoms with Crippen molar-refractivity contribution in [2.45, 2.75) is 19.0 Å². The zero-order chi connectivity index (χ0) is 21.1. The van der Waals surface area contributed by atoms with Crippen molar-refractivity contribution in [3.05, 3.63) is 56.8 Å². The molecule has 3 rings (SSSR count). The van der Waals surface area contributed by atoms with E-state index in [1.54, 1.807) is 12.1 Å². The summed E-state index contributed by atoms with van der Waals surface area (Å²) in [4.78, 5) is 26.4. The number of methoxy groups -OCH3 is 3. The maximum Gasteiger partial charge on any atom is 0.331 e. The van der Waals surface area contributed by atoms with Gasteiger partial charge >= 0.3 is 5.69 Å². The monoisotopic (exact) mass is 402 g/mol. The van der Waals surface area contributed by atoms with Crippen molar-refractivity contribution in [1.29, 1.82) is 0 Å². The predicted octanol–water partition coefficient (Wildman–Crippen LogP) is 0.893. The summed E-state index contributed by atoms with van der Waals surface area (Å²) in [5.74, 6) is 0.975. The van der Waals surface area contributed by atoms with Crippen LogP contribution in [0.15, 0.2) is 39.5 Å². The quantitative estimate of drug-likeness (QED) is 0.587. The summed E-state index contributed by atoms with van der Waals surface area (Å²) in [6, 6.07) is 3.25. The van der Waals surface area contributed by atoms with E-state index in [4.69, 9.17) is 14.2 Å². The van der Waals surface area contributed by atoms with Gasteiger partial charge in [0.25, 0.3) is 5.56 Å². The Kier molecular flexibility index (Phi) is 5.62. The Balaban J connectivity index is 1.97. The van der Waals surface area contributed by atoms with Gasteiger partial charge in [0.05, 0.1) is 33.1 Å². The zero-order valence-electron chi connectivity index (χ0n) is 16.3. The molecule has 0 amide bonds. The fraction of sp³-hybridized carbons (Fsp3) is 0.316. The number of nitrogens with one attached hydrogen (secondary N) is 2. The molecule has 29 heavy (non-hydrogen) atoms. The highest BCUT2D eigenvalue weighted by atomic mass is 16.5. The second-order valence-corrected chi connectivity index (χ2v) is 6.26. The number of rotatable bonds is 7. The molecule has 2 heterocycles. The standard InChI is InChI=1S/C19H22N4O6/c1-5-6-23-18(25)15(17(24)20-19(23)26)12-9-11(21-22-12)10-7-13(27-2)16(29-4)14(8-10)28-3/h5,7-8,11,21,25H,1,6,9H2,2-4H3,(H,20,24,26). The summed E-state index contributed by atoms with van der Waals surface area (Å²) in [6.07, 6.45) is 1.73. The number of hydrogen-bond donors (Lipinski definition) is 3. The van der Waals surface area contributed by atoms with Gasteiger partial charge in [0.15, 0.2) is 11.5 Å². The van der Waals surface area contributed by atoms with Crippen LogP contribution < -0.4 is 30.9 Å². The van der Waals surface area contributed by atoms with Crippen LogP contribution >= 0.6 is 0 Å². The van der Waals surface area contributed by atoms with E-state index in [0.717, 1.165) is 10.1 Å². The molecule has 1 aromatic carbocycles. The first-order chi connectivity index (χ1) is 13.9. The van der Waals surface area contributed by atoms with Crippen molar-refractivity contribution in [2.24, 2.45) is 5.10 Å². The summed E-state index contributed by atoms with van der Waals surface area (Å²) in [5.41, 5.74) is 2.56. The minimum absolute atomic E-state index is 0.0471. The summed E-state index contributed by atoms with van der Waals surface area (Å²) in [7, 11) is 4.55. The van der Waals surface area contributed by atoms with E-state index in [-0.39, 0.29) is 18.2 Å². The Morgan fingerprint density at radius 2 is 1.90 bits per heavy atom. The molecule has 1 aliphatic rings. The topological polar surface area (TPSA) is 127 Å². The Bertz CT molecular complexity index is 1060. The Labute approximate surface area is 166 Å². The second-order valence-electron chi connectivity index (χ2n) is 6.26. The van der Waals surface area contributed by atoms with Crippen molar-refractivity contribution in [2.75, 3.05) is 21.3 Å². The van der Waals surface area contributed by atoms with Gasteiger partial charge in [0.1, 0.15) is 5.56 Å². The first-order valence-electron chi connectivity index (χ1n) is 8.74. The molecule has 1 atom stereocenters. The number of H-pyrrole nitrogens is 1. The molecule has 0 fully saturated rings. The van der Waals surface area contributed by atoms with E-state index < -0.39 is 17.1 Å². The van der Waals surface area contributed by atoms with Crippen molar-refractivity contribution in [3.63, 3.8) is 0 Å². The van der Waals surface area contributed by atoms with Gasteiger partial charge in [-0.25, -0.2) is 4.79 Å². The maximum atomic E-state index is 12.3. The average Bonchev–Trinajstić information content (AvgIpc) is 3.19. The molecule has 0 spiro atoms. The number of nitrogens with zero attached hydrogens (tertiary/aromatic N) is 2. The van der Waals surface area contributed by atoms with Gasteiger partial charge in [-0.05, 0) is 17.7 Å². The van der Waals surface area contributed by atoms with Gasteiger partial charge < -0.3 is 24.7 Å². The fourth-order valence-electron chi connectivity index (χ4n) is 3.21. The minimum Gasteiger partial charge on any atom is -0.494 e. The zero-order valence-corrected chi connectivity index (χ0v) is 16.3. The smallest absolute Gasteiger partial charge is 0.331 e. The van der Waals surface area contributed by atoms with E-state index in [9.17, 15) is 14.7 Å². The average molecular weight is 402 g/mol. The van der Waals surface area contributed by atoms with Crippen molar-refractivity contribution < 1.29 is 19.3 Å². The third-order valence-electron chi connectivity index (χ3n) is 4.61. The molecule has 0 aliphatic carbocycles. The van der Waals surface area contributed by atoms with Crippen molar-refractivity contribution in [1.82, 2.24) is 15.0 Å². The van der Waals surface area contributed by atoms with Crippen molar-refractivity contribution >= 4 is 5.71 Å². The van der Waals surface area contributed by atoms with Gasteiger partial charge in [-0.3, -0.25) is 14.3 Å². The van der Waals surface area contributed by atoms with Crippen LogP contribution in [0.2, 0.25) is 0 Å². The van der Waals surface area contributed by atoms with Crippen LogP contribution in [0.25, 0.3) is 0 Å². The molecule has 0 saturated heterocycles. The van der Waals surface area contributed by atoms with Crippen LogP contribution in [0.3, 0.4) is 0 Å². The number of aromatic hydroxyl groups is 1. The lowest BCUT2D eigenvalue weighted by Crippen LogP contribution is -2.33. The highest BCUT2D eigenvalue weighted by Crippen LogP contribution is 2.41. The van der Waals surface area contributed by atoms with E-state index in [0.29, 0.717) is 29.4 Å². The minimum atomic E-state index is -0.719. The molecule has 0 saturated carbocycles. The number of allylic oxidation sites excluding steroid dienone is 1. The predicted molar refractivity (Wildman–Crippen MR) is 106 cm³/mol. The number of hydrogen-bond acceptors (Lipinski definition) is 8. The first kappa shape index (κ1) is 20.1. The second kappa shape index (κ2) is 8.13. The summed E-state index contributed by atoms with van der Waals surface area (Å²) in [6.45, 7) is 3.59. The molecule has 10 nitrogen and oxygen atoms in total. The van der Waals surface area contributed by atoms with Gasteiger partial charge in [-0.1, -0.05) is 6.08 Å². The highest BCUT2D eigenvalue weighted by Gasteiger charge is 2.28. The van der Waals surface area contributed by atoms with E-state index >= 15 is 0 Å². The molecule has 1 aliphatic heterocycles. The van der Waals surface area contributed by atoms with Crippen LogP contribution in [0.5, 0.6) is 23.1 Å². The SMILES string of the molecule is C=CCn1c(O)c(C2=NNC(c3cc(OC)c(OC)c(OC)c3)C2)c(=O)[nH]c1=O.